The van der Waals surface area contributed by atoms with E-state index in [2.05, 4.69) is 24.1 Å². The Bertz CT molecular complexity index is 561. The molecule has 0 aliphatic rings. The van der Waals surface area contributed by atoms with Crippen molar-refractivity contribution in [3.8, 4) is 0 Å². The van der Waals surface area contributed by atoms with Crippen LogP contribution >= 0.6 is 0 Å². The van der Waals surface area contributed by atoms with Gasteiger partial charge in [-0.3, -0.25) is 0 Å². The smallest absolute Gasteiger partial charge is 0.152 e. The molecular weight excluding hydrogens is 236 g/mol. The summed E-state index contributed by atoms with van der Waals surface area (Å²) in [6.45, 7) is 4.88. The molecule has 0 aliphatic heterocycles. The van der Waals surface area contributed by atoms with Gasteiger partial charge in [0.1, 0.15) is 17.2 Å². The van der Waals surface area contributed by atoms with E-state index in [4.69, 9.17) is 0 Å². The summed E-state index contributed by atoms with van der Waals surface area (Å²) in [7, 11) is 1.75. The van der Waals surface area contributed by atoms with Crippen LogP contribution in [0, 0.1) is 11.6 Å². The maximum Gasteiger partial charge on any atom is 0.152 e. The van der Waals surface area contributed by atoms with Crippen LogP contribution in [0.4, 0.5) is 8.78 Å². The number of aromatic nitrogens is 2. The minimum Gasteiger partial charge on any atom is -0.329 e. The van der Waals surface area contributed by atoms with E-state index in [-0.39, 0.29) is 0 Å². The van der Waals surface area contributed by atoms with Crippen LogP contribution in [-0.2, 0) is 13.5 Å². The molecule has 0 unspecified atom stereocenters. The van der Waals surface area contributed by atoms with E-state index < -0.39 is 11.6 Å². The fraction of sp³-hybridized carbons (Fsp3) is 0.462. The number of fused-ring (bicyclic) bond motifs is 1. The van der Waals surface area contributed by atoms with E-state index in [9.17, 15) is 8.78 Å². The largest absolute Gasteiger partial charge is 0.329 e. The van der Waals surface area contributed by atoms with Gasteiger partial charge in [0.2, 0.25) is 0 Å². The molecule has 0 amide bonds. The number of hydrogen-bond acceptors (Lipinski definition) is 2. The lowest BCUT2D eigenvalue weighted by Gasteiger charge is -2.07. The second kappa shape index (κ2) is 5.02. The van der Waals surface area contributed by atoms with E-state index in [1.54, 1.807) is 11.6 Å². The average molecular weight is 253 g/mol. The van der Waals surface area contributed by atoms with Gasteiger partial charge in [-0.2, -0.15) is 0 Å². The second-order valence-electron chi connectivity index (χ2n) is 4.70. The van der Waals surface area contributed by atoms with Gasteiger partial charge in [-0.25, -0.2) is 13.8 Å². The highest BCUT2D eigenvalue weighted by Crippen LogP contribution is 2.20. The van der Waals surface area contributed by atoms with Crippen molar-refractivity contribution < 1.29 is 8.78 Å². The van der Waals surface area contributed by atoms with Gasteiger partial charge in [-0.1, -0.05) is 13.8 Å². The molecule has 18 heavy (non-hydrogen) atoms. The highest BCUT2D eigenvalue weighted by atomic mass is 19.1. The molecule has 1 heterocycles. The first-order valence-corrected chi connectivity index (χ1v) is 6.02. The molecule has 98 valence electrons. The molecule has 0 saturated heterocycles. The summed E-state index contributed by atoms with van der Waals surface area (Å²) in [5.41, 5.74) is 0.727. The Morgan fingerprint density at radius 1 is 1.33 bits per heavy atom. The first-order valence-electron chi connectivity index (χ1n) is 6.02. The molecule has 3 nitrogen and oxygen atoms in total. The highest BCUT2D eigenvalue weighted by Gasteiger charge is 2.13. The van der Waals surface area contributed by atoms with Crippen molar-refractivity contribution in [2.24, 2.45) is 7.05 Å². The van der Waals surface area contributed by atoms with Gasteiger partial charge >= 0.3 is 0 Å². The Kier molecular flexibility index (Phi) is 3.61. The molecule has 2 aromatic rings. The third-order valence-electron chi connectivity index (χ3n) is 2.88. The Labute approximate surface area is 105 Å². The van der Waals surface area contributed by atoms with Crippen molar-refractivity contribution in [3.63, 3.8) is 0 Å². The highest BCUT2D eigenvalue weighted by molar-refractivity contribution is 5.76. The van der Waals surface area contributed by atoms with Gasteiger partial charge in [0.25, 0.3) is 0 Å². The van der Waals surface area contributed by atoms with Gasteiger partial charge in [0.05, 0.1) is 5.52 Å². The first-order chi connectivity index (χ1) is 8.49. The molecule has 0 fully saturated rings. The number of imidazole rings is 1. The van der Waals surface area contributed by atoms with Crippen LogP contribution in [0.3, 0.4) is 0 Å². The summed E-state index contributed by atoms with van der Waals surface area (Å²) in [6.07, 6.45) is 0.685. The quantitative estimate of drug-likeness (QED) is 0.906. The van der Waals surface area contributed by atoms with Crippen LogP contribution < -0.4 is 5.32 Å². The zero-order valence-corrected chi connectivity index (χ0v) is 10.8. The van der Waals surface area contributed by atoms with Gasteiger partial charge in [0, 0.05) is 38.2 Å². The Morgan fingerprint density at radius 3 is 2.72 bits per heavy atom. The maximum absolute atomic E-state index is 13.7. The van der Waals surface area contributed by atoms with Gasteiger partial charge in [0.15, 0.2) is 5.82 Å². The van der Waals surface area contributed by atoms with Crippen LogP contribution in [0.1, 0.15) is 19.7 Å². The summed E-state index contributed by atoms with van der Waals surface area (Å²) < 4.78 is 28.4. The van der Waals surface area contributed by atoms with Crippen LogP contribution in [0.5, 0.6) is 0 Å². The molecule has 0 atom stereocenters. The monoisotopic (exact) mass is 253 g/mol. The summed E-state index contributed by atoms with van der Waals surface area (Å²) in [5.74, 6) is -0.407. The first kappa shape index (κ1) is 13.0. The lowest BCUT2D eigenvalue weighted by atomic mass is 10.3. The number of nitrogens with one attached hydrogen (secondary N) is 1. The van der Waals surface area contributed by atoms with Gasteiger partial charge in [-0.05, 0) is 0 Å². The lowest BCUT2D eigenvalue weighted by molar-refractivity contribution is 0.575. The Morgan fingerprint density at radius 2 is 2.06 bits per heavy atom. The third-order valence-corrected chi connectivity index (χ3v) is 2.88. The van der Waals surface area contributed by atoms with E-state index in [1.807, 2.05) is 0 Å². The summed E-state index contributed by atoms with van der Waals surface area (Å²) in [4.78, 5) is 4.27. The molecule has 0 bridgehead atoms. The van der Waals surface area contributed by atoms with E-state index in [0.717, 1.165) is 18.4 Å². The zero-order valence-electron chi connectivity index (χ0n) is 10.8. The van der Waals surface area contributed by atoms with Crippen LogP contribution in [0.2, 0.25) is 0 Å². The van der Waals surface area contributed by atoms with Crippen molar-refractivity contribution in [2.45, 2.75) is 26.3 Å². The summed E-state index contributed by atoms with van der Waals surface area (Å²) in [5, 5.41) is 3.27. The maximum atomic E-state index is 13.7. The molecule has 5 heteroatoms. The molecular formula is C13H17F2N3. The molecule has 1 aromatic heterocycles. The fourth-order valence-electron chi connectivity index (χ4n) is 2.01. The Hall–Kier alpha value is -1.49. The van der Waals surface area contributed by atoms with Gasteiger partial charge < -0.3 is 9.88 Å². The normalized spacial score (nSPS) is 11.7. The van der Waals surface area contributed by atoms with E-state index in [0.29, 0.717) is 23.5 Å². The van der Waals surface area contributed by atoms with Crippen LogP contribution in [0.25, 0.3) is 11.0 Å². The second-order valence-corrected chi connectivity index (χ2v) is 4.70. The summed E-state index contributed by atoms with van der Waals surface area (Å²) >= 11 is 0. The fourth-order valence-corrected chi connectivity index (χ4v) is 2.01. The molecule has 0 aliphatic carbocycles. The summed E-state index contributed by atoms with van der Waals surface area (Å²) in [6, 6.07) is 2.55. The molecule has 1 N–H and O–H groups in total. The van der Waals surface area contributed by atoms with Crippen molar-refractivity contribution >= 4 is 11.0 Å². The Balaban J connectivity index is 2.30. The molecule has 1 aromatic carbocycles. The number of rotatable bonds is 4. The third kappa shape index (κ3) is 2.51. The standard InChI is InChI=1S/C13H17F2N3/c1-8(2)16-5-4-12-17-11-7-9(14)6-10(15)13(11)18(12)3/h6-8,16H,4-5H2,1-3H3. The average Bonchev–Trinajstić information content (AvgIpc) is 2.55. The molecule has 2 rings (SSSR count). The van der Waals surface area contributed by atoms with Crippen molar-refractivity contribution in [1.82, 2.24) is 14.9 Å². The minimum absolute atomic E-state index is 0.357. The van der Waals surface area contributed by atoms with Crippen molar-refractivity contribution in [3.05, 3.63) is 29.6 Å². The van der Waals surface area contributed by atoms with Gasteiger partial charge in [-0.15, -0.1) is 0 Å². The number of aryl methyl sites for hydroxylation is 1. The number of benzene rings is 1. The predicted octanol–water partition coefficient (Wildman–Crippen LogP) is 2.39. The molecule has 0 saturated carbocycles. The number of nitrogens with zero attached hydrogens (tertiary/aromatic N) is 2. The minimum atomic E-state index is -0.593. The number of hydrogen-bond donors (Lipinski definition) is 1. The van der Waals surface area contributed by atoms with Crippen molar-refractivity contribution in [2.75, 3.05) is 6.54 Å². The van der Waals surface area contributed by atoms with Crippen LogP contribution in [0.15, 0.2) is 12.1 Å². The topological polar surface area (TPSA) is 29.9 Å². The SMILES string of the molecule is CC(C)NCCc1nc2cc(F)cc(F)c2n1C. The van der Waals surface area contributed by atoms with E-state index in [1.165, 1.54) is 6.07 Å². The number of halogens is 2. The molecule has 0 spiro atoms. The van der Waals surface area contributed by atoms with E-state index >= 15 is 0 Å². The zero-order chi connectivity index (χ0) is 13.3. The lowest BCUT2D eigenvalue weighted by Crippen LogP contribution is -2.25. The molecule has 0 radical (unpaired) electrons. The van der Waals surface area contributed by atoms with Crippen molar-refractivity contribution in [1.29, 1.82) is 0 Å². The van der Waals surface area contributed by atoms with Crippen LogP contribution in [-0.4, -0.2) is 22.1 Å². The predicted molar refractivity (Wildman–Crippen MR) is 67.5 cm³/mol.